The van der Waals surface area contributed by atoms with Crippen LogP contribution >= 0.6 is 0 Å². The lowest BCUT2D eigenvalue weighted by Gasteiger charge is -2.19. The minimum atomic E-state index is -3.55. The zero-order valence-electron chi connectivity index (χ0n) is 13.5. The van der Waals surface area contributed by atoms with E-state index in [1.807, 2.05) is 11.8 Å². The van der Waals surface area contributed by atoms with Gasteiger partial charge in [-0.05, 0) is 36.5 Å². The van der Waals surface area contributed by atoms with Gasteiger partial charge in [0, 0.05) is 38.3 Å². The quantitative estimate of drug-likeness (QED) is 0.843. The van der Waals surface area contributed by atoms with E-state index in [9.17, 15) is 13.2 Å². The Morgan fingerprint density at radius 2 is 1.96 bits per heavy atom. The number of hydrogen-bond donors (Lipinski definition) is 2. The standard InChI is InChI=1S/C16H23N3O3S/c1-3-18-23(21,22)14-5-4-11(2)15(6-14)16(20)19-9-12-7-17-8-13(12)10-19/h4-6,12-13,17-18H,3,7-10H2,1-2H3/t12-,13+. The van der Waals surface area contributed by atoms with E-state index in [0.29, 0.717) is 23.9 Å². The average Bonchev–Trinajstić information content (AvgIpc) is 3.08. The Bertz CT molecular complexity index is 705. The summed E-state index contributed by atoms with van der Waals surface area (Å²) in [5, 5.41) is 3.35. The molecule has 0 spiro atoms. The van der Waals surface area contributed by atoms with Crippen LogP contribution in [0.5, 0.6) is 0 Å². The second-order valence-electron chi connectivity index (χ2n) is 6.37. The summed E-state index contributed by atoms with van der Waals surface area (Å²) in [5.74, 6) is 0.978. The van der Waals surface area contributed by atoms with Crippen LogP contribution in [0, 0.1) is 18.8 Å². The SMILES string of the molecule is CCNS(=O)(=O)c1ccc(C)c(C(=O)N2C[C@H]3CNC[C@H]3C2)c1. The number of fused-ring (bicyclic) bond motifs is 1. The van der Waals surface area contributed by atoms with Gasteiger partial charge in [-0.2, -0.15) is 0 Å². The van der Waals surface area contributed by atoms with Gasteiger partial charge >= 0.3 is 0 Å². The van der Waals surface area contributed by atoms with Crippen LogP contribution in [0.3, 0.4) is 0 Å². The maximum Gasteiger partial charge on any atom is 0.254 e. The predicted molar refractivity (Wildman–Crippen MR) is 87.8 cm³/mol. The molecule has 0 aliphatic carbocycles. The van der Waals surface area contributed by atoms with Gasteiger partial charge in [-0.3, -0.25) is 4.79 Å². The number of sulfonamides is 1. The van der Waals surface area contributed by atoms with E-state index < -0.39 is 10.0 Å². The second-order valence-corrected chi connectivity index (χ2v) is 8.13. The lowest BCUT2D eigenvalue weighted by Crippen LogP contribution is -2.32. The highest BCUT2D eigenvalue weighted by Gasteiger charge is 2.38. The van der Waals surface area contributed by atoms with Crippen molar-refractivity contribution in [3.05, 3.63) is 29.3 Å². The van der Waals surface area contributed by atoms with Crippen molar-refractivity contribution in [1.29, 1.82) is 0 Å². The van der Waals surface area contributed by atoms with Crippen LogP contribution in [0.25, 0.3) is 0 Å². The summed E-state index contributed by atoms with van der Waals surface area (Å²) >= 11 is 0. The molecule has 0 radical (unpaired) electrons. The third kappa shape index (κ3) is 3.13. The molecular formula is C16H23N3O3S. The fourth-order valence-electron chi connectivity index (χ4n) is 3.46. The van der Waals surface area contributed by atoms with Crippen molar-refractivity contribution < 1.29 is 13.2 Å². The van der Waals surface area contributed by atoms with E-state index in [4.69, 9.17) is 0 Å². The molecule has 23 heavy (non-hydrogen) atoms. The number of rotatable bonds is 4. The summed E-state index contributed by atoms with van der Waals surface area (Å²) in [5.41, 5.74) is 1.29. The molecular weight excluding hydrogens is 314 g/mol. The number of amides is 1. The van der Waals surface area contributed by atoms with Crippen LogP contribution in [0.15, 0.2) is 23.1 Å². The van der Waals surface area contributed by atoms with Crippen LogP contribution in [-0.4, -0.2) is 51.9 Å². The molecule has 3 rings (SSSR count). The van der Waals surface area contributed by atoms with Gasteiger partial charge in [-0.15, -0.1) is 0 Å². The molecule has 0 aromatic heterocycles. The summed E-state index contributed by atoms with van der Waals surface area (Å²) in [7, 11) is -3.55. The summed E-state index contributed by atoms with van der Waals surface area (Å²) in [4.78, 5) is 14.8. The first kappa shape index (κ1) is 16.4. The second kappa shape index (κ2) is 6.22. The van der Waals surface area contributed by atoms with Crippen LogP contribution in [0.2, 0.25) is 0 Å². The Kier molecular flexibility index (Phi) is 4.44. The Morgan fingerprint density at radius 1 is 1.30 bits per heavy atom. The number of carbonyl (C=O) groups excluding carboxylic acids is 1. The van der Waals surface area contributed by atoms with E-state index in [1.165, 1.54) is 6.07 Å². The third-order valence-corrected chi connectivity index (χ3v) is 6.30. The lowest BCUT2D eigenvalue weighted by molar-refractivity contribution is 0.0780. The number of carbonyl (C=O) groups is 1. The highest BCUT2D eigenvalue weighted by Crippen LogP contribution is 2.28. The van der Waals surface area contributed by atoms with Gasteiger partial charge in [-0.1, -0.05) is 13.0 Å². The van der Waals surface area contributed by atoms with Gasteiger partial charge in [0.1, 0.15) is 0 Å². The highest BCUT2D eigenvalue weighted by molar-refractivity contribution is 7.89. The monoisotopic (exact) mass is 337 g/mol. The fraction of sp³-hybridized carbons (Fsp3) is 0.562. The molecule has 0 bridgehead atoms. The summed E-state index contributed by atoms with van der Waals surface area (Å²) < 4.78 is 26.8. The zero-order chi connectivity index (χ0) is 16.6. The first-order chi connectivity index (χ1) is 10.9. The van der Waals surface area contributed by atoms with E-state index in [0.717, 1.165) is 31.7 Å². The molecule has 2 saturated heterocycles. The van der Waals surface area contributed by atoms with Crippen molar-refractivity contribution in [3.8, 4) is 0 Å². The van der Waals surface area contributed by atoms with E-state index >= 15 is 0 Å². The molecule has 2 heterocycles. The van der Waals surface area contributed by atoms with E-state index in [-0.39, 0.29) is 10.8 Å². The van der Waals surface area contributed by atoms with Crippen LogP contribution < -0.4 is 10.0 Å². The molecule has 0 saturated carbocycles. The van der Waals surface area contributed by atoms with Crippen LogP contribution in [0.1, 0.15) is 22.8 Å². The van der Waals surface area contributed by atoms with Gasteiger partial charge in [0.25, 0.3) is 5.91 Å². The zero-order valence-corrected chi connectivity index (χ0v) is 14.3. The maximum absolute atomic E-state index is 12.8. The van der Waals surface area contributed by atoms with Gasteiger partial charge in [0.05, 0.1) is 4.90 Å². The Morgan fingerprint density at radius 3 is 2.57 bits per heavy atom. The molecule has 1 amide bonds. The van der Waals surface area contributed by atoms with Gasteiger partial charge in [0.2, 0.25) is 10.0 Å². The number of likely N-dealkylation sites (tertiary alicyclic amines) is 1. The summed E-state index contributed by atoms with van der Waals surface area (Å²) in [6, 6.07) is 4.75. The van der Waals surface area contributed by atoms with Crippen molar-refractivity contribution in [2.45, 2.75) is 18.7 Å². The molecule has 1 aromatic rings. The van der Waals surface area contributed by atoms with E-state index in [2.05, 4.69) is 10.0 Å². The number of aryl methyl sites for hydroxylation is 1. The third-order valence-electron chi connectivity index (χ3n) is 4.76. The van der Waals surface area contributed by atoms with Crippen molar-refractivity contribution in [2.75, 3.05) is 32.7 Å². The minimum Gasteiger partial charge on any atom is -0.338 e. The Labute approximate surface area is 137 Å². The van der Waals surface area contributed by atoms with Gasteiger partial charge in [0.15, 0.2) is 0 Å². The molecule has 126 valence electrons. The largest absolute Gasteiger partial charge is 0.338 e. The molecule has 2 atom stereocenters. The number of hydrogen-bond acceptors (Lipinski definition) is 4. The number of nitrogens with zero attached hydrogens (tertiary/aromatic N) is 1. The van der Waals surface area contributed by atoms with E-state index in [1.54, 1.807) is 19.1 Å². The molecule has 2 aliphatic heterocycles. The van der Waals surface area contributed by atoms with Crippen molar-refractivity contribution in [3.63, 3.8) is 0 Å². The first-order valence-corrected chi connectivity index (χ1v) is 9.51. The minimum absolute atomic E-state index is 0.0644. The Hall–Kier alpha value is -1.44. The van der Waals surface area contributed by atoms with Gasteiger partial charge < -0.3 is 10.2 Å². The molecule has 1 aromatic carbocycles. The topological polar surface area (TPSA) is 78.5 Å². The molecule has 2 aliphatic rings. The smallest absolute Gasteiger partial charge is 0.254 e. The molecule has 6 nitrogen and oxygen atoms in total. The summed E-state index contributed by atoms with van der Waals surface area (Å²) in [6.45, 7) is 7.32. The number of nitrogens with one attached hydrogen (secondary N) is 2. The molecule has 2 N–H and O–H groups in total. The Balaban J connectivity index is 1.86. The van der Waals surface area contributed by atoms with Crippen molar-refractivity contribution in [1.82, 2.24) is 14.9 Å². The lowest BCUT2D eigenvalue weighted by atomic mass is 10.0. The molecule has 2 fully saturated rings. The number of benzene rings is 1. The molecule has 0 unspecified atom stereocenters. The normalized spacial score (nSPS) is 24.0. The van der Waals surface area contributed by atoms with Crippen molar-refractivity contribution >= 4 is 15.9 Å². The van der Waals surface area contributed by atoms with Crippen molar-refractivity contribution in [2.24, 2.45) is 11.8 Å². The fourth-order valence-corrected chi connectivity index (χ4v) is 4.53. The maximum atomic E-state index is 12.8. The average molecular weight is 337 g/mol. The molecule has 7 heteroatoms. The van der Waals surface area contributed by atoms with Crippen LogP contribution in [-0.2, 0) is 10.0 Å². The first-order valence-electron chi connectivity index (χ1n) is 8.02. The predicted octanol–water partition coefficient (Wildman–Crippen LogP) is 0.585. The highest BCUT2D eigenvalue weighted by atomic mass is 32.2. The van der Waals surface area contributed by atoms with Crippen LogP contribution in [0.4, 0.5) is 0 Å². The van der Waals surface area contributed by atoms with Gasteiger partial charge in [-0.25, -0.2) is 13.1 Å². The summed E-state index contributed by atoms with van der Waals surface area (Å²) in [6.07, 6.45) is 0.